The fraction of sp³-hybridized carbons (Fsp3) is 0.917. The zero-order chi connectivity index (χ0) is 10.8. The summed E-state index contributed by atoms with van der Waals surface area (Å²) in [5.74, 6) is 1.27. The maximum absolute atomic E-state index is 11.9. The maximum atomic E-state index is 11.9. The molecule has 3 heteroatoms. The fourth-order valence-corrected chi connectivity index (χ4v) is 2.35. The third kappa shape index (κ3) is 2.71. The molecule has 0 aromatic heterocycles. The van der Waals surface area contributed by atoms with Gasteiger partial charge < -0.3 is 10.0 Å². The minimum Gasteiger partial charge on any atom is -0.393 e. The number of carbonyl (C=O) groups is 1. The molecule has 0 radical (unpaired) electrons. The van der Waals surface area contributed by atoms with Gasteiger partial charge in [0.25, 0.3) is 0 Å². The number of hydrogen-bond acceptors (Lipinski definition) is 2. The molecule has 15 heavy (non-hydrogen) atoms. The molecule has 2 atom stereocenters. The molecule has 1 heterocycles. The first kappa shape index (κ1) is 10.9. The first-order valence-corrected chi connectivity index (χ1v) is 6.16. The summed E-state index contributed by atoms with van der Waals surface area (Å²) >= 11 is 0. The smallest absolute Gasteiger partial charge is 0.222 e. The van der Waals surface area contributed by atoms with Gasteiger partial charge >= 0.3 is 0 Å². The van der Waals surface area contributed by atoms with Gasteiger partial charge in [-0.1, -0.05) is 6.92 Å². The summed E-state index contributed by atoms with van der Waals surface area (Å²) in [6.45, 7) is 3.61. The number of aliphatic hydroxyl groups is 1. The fourth-order valence-electron chi connectivity index (χ4n) is 2.35. The number of rotatable bonds is 3. The van der Waals surface area contributed by atoms with E-state index in [0.29, 0.717) is 17.7 Å². The zero-order valence-electron chi connectivity index (χ0n) is 9.48. The Morgan fingerprint density at radius 1 is 1.40 bits per heavy atom. The molecule has 1 saturated heterocycles. The van der Waals surface area contributed by atoms with Crippen LogP contribution >= 0.6 is 0 Å². The molecule has 0 aromatic carbocycles. The normalized spacial score (nSPS) is 31.7. The van der Waals surface area contributed by atoms with Gasteiger partial charge in [0, 0.05) is 25.4 Å². The lowest BCUT2D eigenvalue weighted by molar-refractivity contribution is -0.135. The largest absolute Gasteiger partial charge is 0.393 e. The van der Waals surface area contributed by atoms with Crippen molar-refractivity contribution in [2.75, 3.05) is 13.1 Å². The van der Waals surface area contributed by atoms with Crippen LogP contribution < -0.4 is 0 Å². The van der Waals surface area contributed by atoms with Crippen molar-refractivity contribution in [3.63, 3.8) is 0 Å². The minimum atomic E-state index is -0.194. The summed E-state index contributed by atoms with van der Waals surface area (Å²) < 4.78 is 0. The van der Waals surface area contributed by atoms with E-state index in [1.165, 1.54) is 12.8 Å². The Labute approximate surface area is 91.5 Å². The van der Waals surface area contributed by atoms with E-state index in [4.69, 9.17) is 0 Å². The van der Waals surface area contributed by atoms with Crippen LogP contribution in [-0.4, -0.2) is 35.1 Å². The molecule has 86 valence electrons. The van der Waals surface area contributed by atoms with Crippen LogP contribution in [0.4, 0.5) is 0 Å². The highest BCUT2D eigenvalue weighted by atomic mass is 16.3. The molecule has 0 aromatic rings. The molecule has 1 aliphatic carbocycles. The Hall–Kier alpha value is -0.570. The van der Waals surface area contributed by atoms with E-state index in [1.54, 1.807) is 0 Å². The monoisotopic (exact) mass is 211 g/mol. The summed E-state index contributed by atoms with van der Waals surface area (Å²) in [4.78, 5) is 13.8. The van der Waals surface area contributed by atoms with Gasteiger partial charge in [-0.3, -0.25) is 4.79 Å². The van der Waals surface area contributed by atoms with Crippen LogP contribution in [0.25, 0.3) is 0 Å². The summed E-state index contributed by atoms with van der Waals surface area (Å²) in [5.41, 5.74) is 0. The summed E-state index contributed by atoms with van der Waals surface area (Å²) in [6, 6.07) is 0. The van der Waals surface area contributed by atoms with Gasteiger partial charge in [-0.15, -0.1) is 0 Å². The summed E-state index contributed by atoms with van der Waals surface area (Å²) in [5, 5.41) is 9.72. The van der Waals surface area contributed by atoms with Crippen molar-refractivity contribution >= 4 is 5.91 Å². The molecular formula is C12H21NO2. The van der Waals surface area contributed by atoms with Gasteiger partial charge in [-0.25, -0.2) is 0 Å². The molecule has 1 saturated carbocycles. The third-order valence-corrected chi connectivity index (χ3v) is 3.73. The van der Waals surface area contributed by atoms with Crippen molar-refractivity contribution in [2.45, 2.75) is 45.1 Å². The molecule has 3 nitrogen and oxygen atoms in total. The molecule has 2 aliphatic rings. The number of hydrogen-bond donors (Lipinski definition) is 1. The number of aliphatic hydroxyl groups excluding tert-OH is 1. The molecule has 2 rings (SSSR count). The molecular weight excluding hydrogens is 190 g/mol. The first-order valence-electron chi connectivity index (χ1n) is 6.16. The molecule has 1 aliphatic heterocycles. The number of amides is 1. The van der Waals surface area contributed by atoms with Gasteiger partial charge in [0.15, 0.2) is 0 Å². The zero-order valence-corrected chi connectivity index (χ0v) is 9.48. The van der Waals surface area contributed by atoms with Crippen molar-refractivity contribution < 1.29 is 9.90 Å². The molecule has 0 spiro atoms. The maximum Gasteiger partial charge on any atom is 0.222 e. The topological polar surface area (TPSA) is 40.5 Å². The molecule has 1 N–H and O–H groups in total. The van der Waals surface area contributed by atoms with Crippen molar-refractivity contribution in [3.05, 3.63) is 0 Å². The second-order valence-electron chi connectivity index (χ2n) is 5.01. The quantitative estimate of drug-likeness (QED) is 0.766. The lowest BCUT2D eigenvalue weighted by atomic mass is 9.92. The predicted molar refractivity (Wildman–Crippen MR) is 58.3 cm³/mol. The standard InChI is InChI=1S/C12H21NO2/c1-2-10-8-13(6-5-11(10)14)12(15)7-9-3-4-9/h9-11,14H,2-8H2,1H3. The van der Waals surface area contributed by atoms with Crippen molar-refractivity contribution in [1.29, 1.82) is 0 Å². The SMILES string of the molecule is CCC1CN(C(=O)CC2CC2)CCC1O. The number of nitrogens with zero attached hydrogens (tertiary/aromatic N) is 1. The highest BCUT2D eigenvalue weighted by molar-refractivity contribution is 5.76. The number of likely N-dealkylation sites (tertiary alicyclic amines) is 1. The Morgan fingerprint density at radius 2 is 2.13 bits per heavy atom. The molecule has 2 fully saturated rings. The van der Waals surface area contributed by atoms with Gasteiger partial charge in [0.05, 0.1) is 6.10 Å². The molecule has 1 amide bonds. The van der Waals surface area contributed by atoms with Gasteiger partial charge in [-0.05, 0) is 31.6 Å². The number of piperidine rings is 1. The Balaban J connectivity index is 1.84. The molecule has 2 unspecified atom stereocenters. The van der Waals surface area contributed by atoms with Crippen LogP contribution in [0.1, 0.15) is 39.0 Å². The summed E-state index contributed by atoms with van der Waals surface area (Å²) in [6.07, 6.45) is 4.74. The van der Waals surface area contributed by atoms with Crippen LogP contribution in [0, 0.1) is 11.8 Å². The van der Waals surface area contributed by atoms with Crippen LogP contribution in [-0.2, 0) is 4.79 Å². The lowest BCUT2D eigenvalue weighted by Gasteiger charge is -2.35. The first-order chi connectivity index (χ1) is 7.20. The van der Waals surface area contributed by atoms with Crippen LogP contribution in [0.2, 0.25) is 0 Å². The highest BCUT2D eigenvalue weighted by Crippen LogP contribution is 2.33. The van der Waals surface area contributed by atoms with Gasteiger partial charge in [-0.2, -0.15) is 0 Å². The van der Waals surface area contributed by atoms with E-state index in [2.05, 4.69) is 6.92 Å². The van der Waals surface area contributed by atoms with E-state index >= 15 is 0 Å². The van der Waals surface area contributed by atoms with Crippen molar-refractivity contribution in [3.8, 4) is 0 Å². The second-order valence-corrected chi connectivity index (χ2v) is 5.01. The average Bonchev–Trinajstić information content (AvgIpc) is 3.02. The minimum absolute atomic E-state index is 0.194. The van der Waals surface area contributed by atoms with E-state index in [-0.39, 0.29) is 6.10 Å². The molecule has 0 bridgehead atoms. The predicted octanol–water partition coefficient (Wildman–Crippen LogP) is 1.41. The third-order valence-electron chi connectivity index (χ3n) is 3.73. The highest BCUT2D eigenvalue weighted by Gasteiger charge is 2.32. The average molecular weight is 211 g/mol. The van der Waals surface area contributed by atoms with Crippen molar-refractivity contribution in [1.82, 2.24) is 4.90 Å². The Bertz CT molecular complexity index is 238. The van der Waals surface area contributed by atoms with Gasteiger partial charge in [0.1, 0.15) is 0 Å². The van der Waals surface area contributed by atoms with E-state index < -0.39 is 0 Å². The Kier molecular flexibility index (Phi) is 3.29. The Morgan fingerprint density at radius 3 is 2.73 bits per heavy atom. The van der Waals surface area contributed by atoms with E-state index in [1.807, 2.05) is 4.90 Å². The van der Waals surface area contributed by atoms with Crippen LogP contribution in [0.5, 0.6) is 0 Å². The van der Waals surface area contributed by atoms with E-state index in [0.717, 1.165) is 32.4 Å². The van der Waals surface area contributed by atoms with Crippen LogP contribution in [0.3, 0.4) is 0 Å². The second kappa shape index (κ2) is 4.52. The lowest BCUT2D eigenvalue weighted by Crippen LogP contribution is -2.45. The summed E-state index contributed by atoms with van der Waals surface area (Å²) in [7, 11) is 0. The van der Waals surface area contributed by atoms with E-state index in [9.17, 15) is 9.90 Å². The van der Waals surface area contributed by atoms with Crippen molar-refractivity contribution in [2.24, 2.45) is 11.8 Å². The van der Waals surface area contributed by atoms with Crippen LogP contribution in [0.15, 0.2) is 0 Å². The van der Waals surface area contributed by atoms with Gasteiger partial charge in [0.2, 0.25) is 5.91 Å². The number of carbonyl (C=O) groups excluding carboxylic acids is 1.